The molecule has 1 aromatic heterocycles. The first-order valence-electron chi connectivity index (χ1n) is 8.84. The van der Waals surface area contributed by atoms with Crippen molar-refractivity contribution in [3.8, 4) is 5.69 Å². The number of hydrogen-bond acceptors (Lipinski definition) is 4. The summed E-state index contributed by atoms with van der Waals surface area (Å²) >= 11 is 0. The highest BCUT2D eigenvalue weighted by atomic mass is 16.5. The van der Waals surface area contributed by atoms with Gasteiger partial charge in [-0.15, -0.1) is 5.10 Å². The lowest BCUT2D eigenvalue weighted by Gasteiger charge is -2.45. The number of hydrogen-bond donors (Lipinski definition) is 2. The van der Waals surface area contributed by atoms with Crippen LogP contribution in [0.5, 0.6) is 0 Å². The van der Waals surface area contributed by atoms with Gasteiger partial charge < -0.3 is 10.1 Å². The maximum Gasteiger partial charge on any atom is 0.322 e. The van der Waals surface area contributed by atoms with E-state index in [4.69, 9.17) is 4.74 Å². The van der Waals surface area contributed by atoms with E-state index in [9.17, 15) is 4.79 Å². The number of anilines is 1. The second-order valence-electron chi connectivity index (χ2n) is 7.34. The lowest BCUT2D eigenvalue weighted by molar-refractivity contribution is -0.0932. The van der Waals surface area contributed by atoms with Gasteiger partial charge in [0.2, 0.25) is 0 Å². The number of nitrogens with one attached hydrogen (secondary N) is 2. The molecule has 2 aromatic rings. The molecule has 0 bridgehead atoms. The summed E-state index contributed by atoms with van der Waals surface area (Å²) in [6.07, 6.45) is 4.29. The van der Waals surface area contributed by atoms with Crippen LogP contribution >= 0.6 is 0 Å². The quantitative estimate of drug-likeness (QED) is 0.900. The smallest absolute Gasteiger partial charge is 0.322 e. The Morgan fingerprint density at radius 3 is 2.80 bits per heavy atom. The average molecular weight is 339 g/mol. The fourth-order valence-corrected chi connectivity index (χ4v) is 4.43. The number of ether oxygens (including phenoxy) is 1. The van der Waals surface area contributed by atoms with E-state index in [0.29, 0.717) is 11.9 Å². The number of rotatable bonds is 3. The highest BCUT2D eigenvalue weighted by Crippen LogP contribution is 2.64. The number of aromatic nitrogens is 3. The third-order valence-corrected chi connectivity index (χ3v) is 5.97. The van der Waals surface area contributed by atoms with E-state index in [1.807, 2.05) is 37.3 Å². The lowest BCUT2D eigenvalue weighted by Crippen LogP contribution is -2.59. The van der Waals surface area contributed by atoms with Crippen molar-refractivity contribution in [2.75, 3.05) is 11.9 Å². The van der Waals surface area contributed by atoms with Gasteiger partial charge in [-0.05, 0) is 44.7 Å². The molecule has 2 aliphatic carbocycles. The molecule has 2 saturated carbocycles. The Hall–Kier alpha value is -2.41. The molecular formula is C18H21N5O2. The van der Waals surface area contributed by atoms with E-state index in [2.05, 4.69) is 20.7 Å². The van der Waals surface area contributed by atoms with Crippen LogP contribution < -0.4 is 10.6 Å². The Morgan fingerprint density at radius 1 is 1.32 bits per heavy atom. The summed E-state index contributed by atoms with van der Waals surface area (Å²) in [6.45, 7) is 2.63. The van der Waals surface area contributed by atoms with E-state index in [1.54, 1.807) is 4.68 Å². The van der Waals surface area contributed by atoms with Crippen LogP contribution in [0.25, 0.3) is 5.69 Å². The van der Waals surface area contributed by atoms with Crippen molar-refractivity contribution in [3.63, 3.8) is 0 Å². The van der Waals surface area contributed by atoms with E-state index in [0.717, 1.165) is 37.4 Å². The number of para-hydroxylation sites is 1. The zero-order chi connectivity index (χ0) is 17.1. The summed E-state index contributed by atoms with van der Waals surface area (Å²) in [5.74, 6) is 1.49. The fraction of sp³-hybridized carbons (Fsp3) is 0.500. The number of aryl methyl sites for hydroxylation is 1. The van der Waals surface area contributed by atoms with Crippen LogP contribution in [0.2, 0.25) is 0 Å². The summed E-state index contributed by atoms with van der Waals surface area (Å²) in [5, 5.41) is 10.4. The fourth-order valence-electron chi connectivity index (χ4n) is 4.43. The largest absolute Gasteiger partial charge is 0.372 e. The average Bonchev–Trinajstić information content (AvgIpc) is 2.98. The van der Waals surface area contributed by atoms with Crippen molar-refractivity contribution in [2.24, 2.45) is 5.92 Å². The second kappa shape index (κ2) is 5.05. The topological polar surface area (TPSA) is 81.1 Å². The second-order valence-corrected chi connectivity index (χ2v) is 7.34. The first-order chi connectivity index (χ1) is 12.1. The monoisotopic (exact) mass is 339 g/mol. The Labute approximate surface area is 145 Å². The van der Waals surface area contributed by atoms with Crippen LogP contribution in [0.1, 0.15) is 31.5 Å². The van der Waals surface area contributed by atoms with Crippen molar-refractivity contribution in [2.45, 2.75) is 43.7 Å². The van der Waals surface area contributed by atoms with Crippen LogP contribution in [-0.2, 0) is 4.74 Å². The van der Waals surface area contributed by atoms with Crippen molar-refractivity contribution in [1.82, 2.24) is 20.1 Å². The van der Waals surface area contributed by atoms with Gasteiger partial charge in [0.15, 0.2) is 0 Å². The molecule has 1 aromatic carbocycles. The molecule has 1 saturated heterocycles. The van der Waals surface area contributed by atoms with Gasteiger partial charge in [-0.3, -0.25) is 5.32 Å². The SMILES string of the molecule is Cc1nc(NC(=O)N[C@]23C[C@H]2COC32CCC2)nn1-c1ccccc1. The summed E-state index contributed by atoms with van der Waals surface area (Å²) in [5.41, 5.74) is 0.619. The minimum Gasteiger partial charge on any atom is -0.372 e. The summed E-state index contributed by atoms with van der Waals surface area (Å²) in [7, 11) is 0. The number of fused-ring (bicyclic) bond motifs is 2. The molecular weight excluding hydrogens is 318 g/mol. The predicted molar refractivity (Wildman–Crippen MR) is 91.6 cm³/mol. The molecule has 3 fully saturated rings. The number of carbonyl (C=O) groups excluding carboxylic acids is 1. The normalized spacial score (nSPS) is 28.3. The first-order valence-corrected chi connectivity index (χ1v) is 8.84. The molecule has 25 heavy (non-hydrogen) atoms. The Morgan fingerprint density at radius 2 is 2.12 bits per heavy atom. The van der Waals surface area contributed by atoms with Crippen molar-refractivity contribution in [3.05, 3.63) is 36.2 Å². The molecule has 3 aliphatic rings. The molecule has 1 spiro atoms. The van der Waals surface area contributed by atoms with E-state index < -0.39 is 0 Å². The van der Waals surface area contributed by atoms with Crippen molar-refractivity contribution >= 4 is 12.0 Å². The van der Waals surface area contributed by atoms with E-state index in [1.165, 1.54) is 6.42 Å². The predicted octanol–water partition coefficient (Wildman–Crippen LogP) is 2.41. The number of carbonyl (C=O) groups is 1. The lowest BCUT2D eigenvalue weighted by atomic mass is 9.73. The zero-order valence-corrected chi connectivity index (χ0v) is 14.2. The first kappa shape index (κ1) is 14.9. The molecule has 2 amide bonds. The number of urea groups is 1. The molecule has 0 unspecified atom stereocenters. The van der Waals surface area contributed by atoms with Crippen LogP contribution in [0.15, 0.2) is 30.3 Å². The van der Waals surface area contributed by atoms with Gasteiger partial charge >= 0.3 is 6.03 Å². The molecule has 2 heterocycles. The minimum atomic E-state index is -0.246. The molecule has 7 heteroatoms. The molecule has 2 atom stereocenters. The van der Waals surface area contributed by atoms with Gasteiger partial charge in [-0.25, -0.2) is 9.48 Å². The van der Waals surface area contributed by atoms with Gasteiger partial charge in [0.05, 0.1) is 23.4 Å². The Kier molecular flexibility index (Phi) is 3.01. The van der Waals surface area contributed by atoms with Gasteiger partial charge in [-0.2, -0.15) is 4.98 Å². The van der Waals surface area contributed by atoms with Gasteiger partial charge in [0.1, 0.15) is 5.82 Å². The van der Waals surface area contributed by atoms with Crippen LogP contribution in [0, 0.1) is 12.8 Å². The van der Waals surface area contributed by atoms with Gasteiger partial charge in [-0.1, -0.05) is 18.2 Å². The Bertz CT molecular complexity index is 829. The summed E-state index contributed by atoms with van der Waals surface area (Å²) < 4.78 is 7.72. The molecule has 2 N–H and O–H groups in total. The van der Waals surface area contributed by atoms with Crippen LogP contribution in [0.3, 0.4) is 0 Å². The highest BCUT2D eigenvalue weighted by Gasteiger charge is 2.74. The molecule has 0 radical (unpaired) electrons. The van der Waals surface area contributed by atoms with Gasteiger partial charge in [0, 0.05) is 5.92 Å². The Balaban J connectivity index is 1.31. The van der Waals surface area contributed by atoms with E-state index in [-0.39, 0.29) is 17.2 Å². The third-order valence-electron chi connectivity index (χ3n) is 5.97. The van der Waals surface area contributed by atoms with Crippen molar-refractivity contribution < 1.29 is 9.53 Å². The third kappa shape index (κ3) is 2.12. The minimum absolute atomic E-state index is 0.123. The molecule has 1 aliphatic heterocycles. The maximum atomic E-state index is 12.5. The van der Waals surface area contributed by atoms with E-state index >= 15 is 0 Å². The highest BCUT2D eigenvalue weighted by molar-refractivity contribution is 5.88. The zero-order valence-electron chi connectivity index (χ0n) is 14.2. The van der Waals surface area contributed by atoms with Crippen LogP contribution in [0.4, 0.5) is 10.7 Å². The molecule has 5 rings (SSSR count). The van der Waals surface area contributed by atoms with Crippen molar-refractivity contribution in [1.29, 1.82) is 0 Å². The summed E-state index contributed by atoms with van der Waals surface area (Å²) in [4.78, 5) is 16.9. The van der Waals surface area contributed by atoms with Gasteiger partial charge in [0.25, 0.3) is 5.95 Å². The maximum absolute atomic E-state index is 12.5. The molecule has 130 valence electrons. The molecule has 7 nitrogen and oxygen atoms in total. The standard InChI is InChI=1S/C18H21N5O2/c1-12-19-15(22-23(12)14-6-3-2-4-7-14)20-16(24)21-18-10-13(18)11-25-17(18)8-5-9-17/h2-4,6-7,13H,5,8-11H2,1H3,(H2,20,21,22,24)/t13-,18+/m0/s1. The summed E-state index contributed by atoms with van der Waals surface area (Å²) in [6, 6.07) is 9.50. The number of benzene rings is 1. The number of nitrogens with zero attached hydrogens (tertiary/aromatic N) is 3. The van der Waals surface area contributed by atoms with Crippen LogP contribution in [-0.4, -0.2) is 38.5 Å². The number of amides is 2.